The first kappa shape index (κ1) is 13.1. The molecule has 0 saturated carbocycles. The van der Waals surface area contributed by atoms with Gasteiger partial charge in [0.15, 0.2) is 0 Å². The number of nitrogens with one attached hydrogen (secondary N) is 1. The van der Waals surface area contributed by atoms with E-state index in [1.165, 1.54) is 0 Å². The van der Waals surface area contributed by atoms with Crippen LogP contribution in [0.25, 0.3) is 0 Å². The molecule has 2 rings (SSSR count). The van der Waals surface area contributed by atoms with Crippen LogP contribution in [-0.4, -0.2) is 47.1 Å². The summed E-state index contributed by atoms with van der Waals surface area (Å²) in [5.74, 6) is 1.42. The number of amides is 1. The van der Waals surface area contributed by atoms with E-state index >= 15 is 0 Å². The standard InChI is InChI=1S/C13H21N3O2/c1-3-18-9-12(17)16-6-4-5-11(8-16)13-14-7-10(2)15-13/h7,11H,3-6,8-9H2,1-2H3,(H,14,15)/t11-/m0/s1. The van der Waals surface area contributed by atoms with E-state index < -0.39 is 0 Å². The molecule has 0 unspecified atom stereocenters. The Kier molecular flexibility index (Phi) is 4.36. The summed E-state index contributed by atoms with van der Waals surface area (Å²) in [7, 11) is 0. The SMILES string of the molecule is CCOCC(=O)N1CCC[C@H](c2ncc(C)[nH]2)C1. The molecule has 5 heteroatoms. The third-order valence-corrected chi connectivity index (χ3v) is 3.31. The summed E-state index contributed by atoms with van der Waals surface area (Å²) in [5.41, 5.74) is 1.07. The number of imidazole rings is 1. The van der Waals surface area contributed by atoms with E-state index in [0.717, 1.165) is 37.4 Å². The van der Waals surface area contributed by atoms with Crippen molar-refractivity contribution in [1.29, 1.82) is 0 Å². The molecule has 1 aliphatic rings. The number of hydrogen-bond acceptors (Lipinski definition) is 3. The van der Waals surface area contributed by atoms with Crippen molar-refractivity contribution in [2.24, 2.45) is 0 Å². The highest BCUT2D eigenvalue weighted by Gasteiger charge is 2.26. The van der Waals surface area contributed by atoms with Gasteiger partial charge in [-0.05, 0) is 26.7 Å². The molecule has 1 aliphatic heterocycles. The number of piperidine rings is 1. The van der Waals surface area contributed by atoms with Crippen LogP contribution in [0.3, 0.4) is 0 Å². The summed E-state index contributed by atoms with van der Waals surface area (Å²) >= 11 is 0. The van der Waals surface area contributed by atoms with Crippen molar-refractivity contribution in [3.05, 3.63) is 17.7 Å². The molecule has 2 heterocycles. The number of carbonyl (C=O) groups is 1. The van der Waals surface area contributed by atoms with Crippen LogP contribution < -0.4 is 0 Å². The predicted octanol–water partition coefficient (Wildman–Crippen LogP) is 1.46. The van der Waals surface area contributed by atoms with Crippen LogP contribution in [0.15, 0.2) is 6.20 Å². The molecule has 1 N–H and O–H groups in total. The Morgan fingerprint density at radius 3 is 3.17 bits per heavy atom. The van der Waals surface area contributed by atoms with Crippen LogP contribution in [0.1, 0.15) is 37.2 Å². The number of aryl methyl sites for hydroxylation is 1. The molecule has 1 aromatic heterocycles. The molecular formula is C13H21N3O2. The number of carbonyl (C=O) groups excluding carboxylic acids is 1. The summed E-state index contributed by atoms with van der Waals surface area (Å²) in [6.45, 7) is 6.26. The van der Waals surface area contributed by atoms with Crippen molar-refractivity contribution in [1.82, 2.24) is 14.9 Å². The van der Waals surface area contributed by atoms with Crippen LogP contribution in [-0.2, 0) is 9.53 Å². The lowest BCUT2D eigenvalue weighted by Crippen LogP contribution is -2.41. The molecule has 18 heavy (non-hydrogen) atoms. The number of hydrogen-bond donors (Lipinski definition) is 1. The van der Waals surface area contributed by atoms with E-state index in [1.54, 1.807) is 0 Å². The second-order valence-electron chi connectivity index (χ2n) is 4.77. The number of nitrogens with zero attached hydrogens (tertiary/aromatic N) is 2. The van der Waals surface area contributed by atoms with Crippen molar-refractivity contribution >= 4 is 5.91 Å². The third kappa shape index (κ3) is 3.10. The quantitative estimate of drug-likeness (QED) is 0.881. The second-order valence-corrected chi connectivity index (χ2v) is 4.77. The van der Waals surface area contributed by atoms with Gasteiger partial charge >= 0.3 is 0 Å². The van der Waals surface area contributed by atoms with Gasteiger partial charge in [-0.1, -0.05) is 0 Å². The van der Waals surface area contributed by atoms with E-state index in [1.807, 2.05) is 24.9 Å². The predicted molar refractivity (Wildman–Crippen MR) is 68.4 cm³/mol. The molecule has 1 atom stereocenters. The maximum atomic E-state index is 11.9. The molecule has 0 radical (unpaired) electrons. The smallest absolute Gasteiger partial charge is 0.248 e. The number of ether oxygens (including phenoxy) is 1. The molecule has 0 aliphatic carbocycles. The van der Waals surface area contributed by atoms with Crippen LogP contribution in [0.2, 0.25) is 0 Å². The van der Waals surface area contributed by atoms with Crippen molar-refractivity contribution in [2.75, 3.05) is 26.3 Å². The van der Waals surface area contributed by atoms with E-state index in [4.69, 9.17) is 4.74 Å². The monoisotopic (exact) mass is 251 g/mol. The van der Waals surface area contributed by atoms with Crippen molar-refractivity contribution < 1.29 is 9.53 Å². The van der Waals surface area contributed by atoms with Gasteiger partial charge in [-0.3, -0.25) is 4.79 Å². The highest BCUT2D eigenvalue weighted by Crippen LogP contribution is 2.24. The normalized spacial score (nSPS) is 20.1. The Hall–Kier alpha value is -1.36. The summed E-state index contributed by atoms with van der Waals surface area (Å²) in [6, 6.07) is 0. The lowest BCUT2D eigenvalue weighted by atomic mass is 9.97. The Bertz CT molecular complexity index is 403. The summed E-state index contributed by atoms with van der Waals surface area (Å²) in [6.07, 6.45) is 3.96. The largest absolute Gasteiger partial charge is 0.372 e. The zero-order valence-electron chi connectivity index (χ0n) is 11.1. The first-order valence-electron chi connectivity index (χ1n) is 6.57. The second kappa shape index (κ2) is 6.00. The van der Waals surface area contributed by atoms with Gasteiger partial charge in [0.1, 0.15) is 12.4 Å². The summed E-state index contributed by atoms with van der Waals surface area (Å²) in [5, 5.41) is 0. The number of likely N-dealkylation sites (tertiary alicyclic amines) is 1. The Morgan fingerprint density at radius 1 is 1.67 bits per heavy atom. The van der Waals surface area contributed by atoms with Gasteiger partial charge in [0.2, 0.25) is 5.91 Å². The van der Waals surface area contributed by atoms with Crippen LogP contribution in [0, 0.1) is 6.92 Å². The third-order valence-electron chi connectivity index (χ3n) is 3.31. The lowest BCUT2D eigenvalue weighted by molar-refractivity contribution is -0.137. The zero-order chi connectivity index (χ0) is 13.0. The van der Waals surface area contributed by atoms with Crippen molar-refractivity contribution in [3.8, 4) is 0 Å². The van der Waals surface area contributed by atoms with Gasteiger partial charge in [-0.15, -0.1) is 0 Å². The molecule has 0 aromatic carbocycles. The fraction of sp³-hybridized carbons (Fsp3) is 0.692. The average Bonchev–Trinajstić information content (AvgIpc) is 2.83. The fourth-order valence-electron chi connectivity index (χ4n) is 2.35. The minimum atomic E-state index is 0.0878. The molecule has 0 spiro atoms. The summed E-state index contributed by atoms with van der Waals surface area (Å²) in [4.78, 5) is 21.4. The fourth-order valence-corrected chi connectivity index (χ4v) is 2.35. The van der Waals surface area contributed by atoms with Crippen LogP contribution in [0.5, 0.6) is 0 Å². The first-order valence-corrected chi connectivity index (χ1v) is 6.57. The molecule has 100 valence electrons. The Labute approximate surface area is 108 Å². The minimum absolute atomic E-state index is 0.0878. The van der Waals surface area contributed by atoms with Gasteiger partial charge < -0.3 is 14.6 Å². The maximum Gasteiger partial charge on any atom is 0.248 e. The van der Waals surface area contributed by atoms with Gasteiger partial charge in [0, 0.05) is 37.5 Å². The Balaban J connectivity index is 1.94. The molecule has 1 fully saturated rings. The topological polar surface area (TPSA) is 58.2 Å². The van der Waals surface area contributed by atoms with E-state index in [0.29, 0.717) is 12.5 Å². The van der Waals surface area contributed by atoms with E-state index in [2.05, 4.69) is 9.97 Å². The highest BCUT2D eigenvalue weighted by molar-refractivity contribution is 5.77. The average molecular weight is 251 g/mol. The van der Waals surface area contributed by atoms with E-state index in [-0.39, 0.29) is 12.5 Å². The van der Waals surface area contributed by atoms with E-state index in [9.17, 15) is 4.79 Å². The highest BCUT2D eigenvalue weighted by atomic mass is 16.5. The van der Waals surface area contributed by atoms with Gasteiger partial charge in [-0.2, -0.15) is 0 Å². The molecular weight excluding hydrogens is 230 g/mol. The molecule has 0 bridgehead atoms. The maximum absolute atomic E-state index is 11.9. The van der Waals surface area contributed by atoms with Gasteiger partial charge in [0.05, 0.1) is 0 Å². The molecule has 1 saturated heterocycles. The number of rotatable bonds is 4. The zero-order valence-corrected chi connectivity index (χ0v) is 11.1. The minimum Gasteiger partial charge on any atom is -0.372 e. The van der Waals surface area contributed by atoms with Crippen molar-refractivity contribution in [2.45, 2.75) is 32.6 Å². The number of H-pyrrole nitrogens is 1. The van der Waals surface area contributed by atoms with Gasteiger partial charge in [-0.25, -0.2) is 4.98 Å². The van der Waals surface area contributed by atoms with Crippen molar-refractivity contribution in [3.63, 3.8) is 0 Å². The Morgan fingerprint density at radius 2 is 2.50 bits per heavy atom. The summed E-state index contributed by atoms with van der Waals surface area (Å²) < 4.78 is 5.18. The van der Waals surface area contributed by atoms with Crippen LogP contribution >= 0.6 is 0 Å². The lowest BCUT2D eigenvalue weighted by Gasteiger charge is -2.31. The number of aromatic nitrogens is 2. The molecule has 5 nitrogen and oxygen atoms in total. The van der Waals surface area contributed by atoms with Crippen LogP contribution in [0.4, 0.5) is 0 Å². The van der Waals surface area contributed by atoms with Gasteiger partial charge in [0.25, 0.3) is 0 Å². The number of aromatic amines is 1. The molecule has 1 aromatic rings. The molecule has 1 amide bonds. The first-order chi connectivity index (χ1) is 8.70.